The minimum absolute atomic E-state index is 0.0470. The molecule has 1 atom stereocenters. The summed E-state index contributed by atoms with van der Waals surface area (Å²) in [4.78, 5) is 13.7. The van der Waals surface area contributed by atoms with E-state index in [2.05, 4.69) is 5.32 Å². The molecule has 0 saturated heterocycles. The molecule has 0 bridgehead atoms. The van der Waals surface area contributed by atoms with E-state index in [0.717, 1.165) is 12.0 Å². The Hall–Kier alpha value is -0.970. The summed E-state index contributed by atoms with van der Waals surface area (Å²) in [6.07, 6.45) is 0.842. The fourth-order valence-electron chi connectivity index (χ4n) is 1.85. The molecule has 1 aromatic rings. The highest BCUT2D eigenvalue weighted by atomic mass is 35.5. The molecule has 0 aromatic heterocycles. The summed E-state index contributed by atoms with van der Waals surface area (Å²) < 4.78 is 0. The van der Waals surface area contributed by atoms with Crippen molar-refractivity contribution in [1.29, 1.82) is 0 Å². The molecule has 2 N–H and O–H groups in total. The monoisotopic (exact) mass is 318 g/mol. The van der Waals surface area contributed by atoms with Crippen molar-refractivity contribution in [3.63, 3.8) is 0 Å². The lowest BCUT2D eigenvalue weighted by molar-refractivity contribution is 0.174. The summed E-state index contributed by atoms with van der Waals surface area (Å²) in [5.41, 5.74) is 0.883. The first-order valence-electron chi connectivity index (χ1n) is 6.60. The molecule has 1 rings (SSSR count). The van der Waals surface area contributed by atoms with Crippen LogP contribution in [0.5, 0.6) is 0 Å². The van der Waals surface area contributed by atoms with Crippen LogP contribution < -0.4 is 5.32 Å². The largest absolute Gasteiger partial charge is 0.395 e. The smallest absolute Gasteiger partial charge is 0.317 e. The SMILES string of the molecule is CCCN(CCO)C(=O)NC(C)c1ccc(Cl)c(Cl)c1. The molecule has 0 radical (unpaired) electrons. The first-order chi connectivity index (χ1) is 9.49. The number of amides is 2. The van der Waals surface area contributed by atoms with E-state index in [0.29, 0.717) is 23.1 Å². The number of aliphatic hydroxyl groups is 1. The molecule has 0 aliphatic carbocycles. The van der Waals surface area contributed by atoms with Crippen molar-refractivity contribution in [3.05, 3.63) is 33.8 Å². The zero-order valence-electron chi connectivity index (χ0n) is 11.7. The standard InChI is InChI=1S/C14H20Cl2N2O2/c1-3-6-18(7-8-19)14(20)17-10(2)11-4-5-12(15)13(16)9-11/h4-5,9-10,19H,3,6-8H2,1-2H3,(H,17,20). The van der Waals surface area contributed by atoms with Gasteiger partial charge in [-0.15, -0.1) is 0 Å². The van der Waals surface area contributed by atoms with Gasteiger partial charge < -0.3 is 15.3 Å². The van der Waals surface area contributed by atoms with Crippen LogP contribution in [0.2, 0.25) is 10.0 Å². The first kappa shape index (κ1) is 17.1. The van der Waals surface area contributed by atoms with Gasteiger partial charge in [0, 0.05) is 13.1 Å². The zero-order chi connectivity index (χ0) is 15.1. The maximum atomic E-state index is 12.1. The highest BCUT2D eigenvalue weighted by Crippen LogP contribution is 2.25. The van der Waals surface area contributed by atoms with Gasteiger partial charge in [-0.2, -0.15) is 0 Å². The van der Waals surface area contributed by atoms with E-state index in [-0.39, 0.29) is 18.7 Å². The molecule has 1 unspecified atom stereocenters. The average molecular weight is 319 g/mol. The molecular formula is C14H20Cl2N2O2. The number of hydrogen-bond donors (Lipinski definition) is 2. The molecule has 2 amide bonds. The highest BCUT2D eigenvalue weighted by molar-refractivity contribution is 6.42. The third kappa shape index (κ3) is 4.85. The topological polar surface area (TPSA) is 52.6 Å². The van der Waals surface area contributed by atoms with E-state index < -0.39 is 0 Å². The molecule has 0 fully saturated rings. The predicted octanol–water partition coefficient (Wildman–Crippen LogP) is 3.47. The number of aliphatic hydroxyl groups excluding tert-OH is 1. The van der Waals surface area contributed by atoms with Crippen LogP contribution >= 0.6 is 23.2 Å². The maximum Gasteiger partial charge on any atom is 0.317 e. The molecule has 20 heavy (non-hydrogen) atoms. The third-order valence-electron chi connectivity index (χ3n) is 2.93. The lowest BCUT2D eigenvalue weighted by atomic mass is 10.1. The number of halogens is 2. The van der Waals surface area contributed by atoms with Gasteiger partial charge in [-0.25, -0.2) is 4.79 Å². The van der Waals surface area contributed by atoms with Crippen molar-refractivity contribution < 1.29 is 9.90 Å². The minimum atomic E-state index is -0.195. The molecule has 0 aliphatic heterocycles. The van der Waals surface area contributed by atoms with Crippen molar-refractivity contribution in [3.8, 4) is 0 Å². The lowest BCUT2D eigenvalue weighted by Gasteiger charge is -2.24. The van der Waals surface area contributed by atoms with Crippen LogP contribution in [0.15, 0.2) is 18.2 Å². The number of carbonyl (C=O) groups excluding carboxylic acids is 1. The van der Waals surface area contributed by atoms with Gasteiger partial charge in [0.15, 0.2) is 0 Å². The van der Waals surface area contributed by atoms with Crippen molar-refractivity contribution in [2.45, 2.75) is 26.3 Å². The molecule has 0 spiro atoms. The van der Waals surface area contributed by atoms with E-state index in [1.807, 2.05) is 19.9 Å². The van der Waals surface area contributed by atoms with Gasteiger partial charge in [0.2, 0.25) is 0 Å². The Balaban J connectivity index is 2.70. The Morgan fingerprint density at radius 2 is 2.05 bits per heavy atom. The molecule has 4 nitrogen and oxygen atoms in total. The minimum Gasteiger partial charge on any atom is -0.395 e. The molecule has 0 saturated carbocycles. The quantitative estimate of drug-likeness (QED) is 0.843. The molecule has 1 aromatic carbocycles. The number of rotatable bonds is 6. The second kappa shape index (κ2) is 8.35. The van der Waals surface area contributed by atoms with Gasteiger partial charge in [-0.3, -0.25) is 0 Å². The number of benzene rings is 1. The normalized spacial score (nSPS) is 12.1. The van der Waals surface area contributed by atoms with Gasteiger partial charge in [-0.1, -0.05) is 36.2 Å². The van der Waals surface area contributed by atoms with Crippen molar-refractivity contribution in [2.24, 2.45) is 0 Å². The Bertz CT molecular complexity index is 449. The van der Waals surface area contributed by atoms with Crippen LogP contribution in [-0.4, -0.2) is 35.7 Å². The van der Waals surface area contributed by atoms with Crippen molar-refractivity contribution in [2.75, 3.05) is 19.7 Å². The van der Waals surface area contributed by atoms with Crippen LogP contribution in [0.4, 0.5) is 4.79 Å². The van der Waals surface area contributed by atoms with Crippen LogP contribution in [0, 0.1) is 0 Å². The Morgan fingerprint density at radius 1 is 1.35 bits per heavy atom. The van der Waals surface area contributed by atoms with Crippen LogP contribution in [-0.2, 0) is 0 Å². The van der Waals surface area contributed by atoms with Crippen molar-refractivity contribution >= 4 is 29.2 Å². The summed E-state index contributed by atoms with van der Waals surface area (Å²) in [6.45, 7) is 4.75. The molecule has 6 heteroatoms. The summed E-state index contributed by atoms with van der Waals surface area (Å²) in [5, 5.41) is 12.8. The molecule has 0 heterocycles. The maximum absolute atomic E-state index is 12.1. The number of nitrogens with one attached hydrogen (secondary N) is 1. The number of hydrogen-bond acceptors (Lipinski definition) is 2. The van der Waals surface area contributed by atoms with Gasteiger partial charge in [-0.05, 0) is 31.0 Å². The Morgan fingerprint density at radius 3 is 2.60 bits per heavy atom. The number of carbonyl (C=O) groups is 1. The highest BCUT2D eigenvalue weighted by Gasteiger charge is 2.16. The van der Waals surface area contributed by atoms with Gasteiger partial charge >= 0.3 is 6.03 Å². The van der Waals surface area contributed by atoms with E-state index >= 15 is 0 Å². The van der Waals surface area contributed by atoms with E-state index in [9.17, 15) is 4.79 Å². The summed E-state index contributed by atoms with van der Waals surface area (Å²) in [6, 6.07) is 4.90. The zero-order valence-corrected chi connectivity index (χ0v) is 13.2. The van der Waals surface area contributed by atoms with Crippen LogP contribution in [0.25, 0.3) is 0 Å². The second-order valence-electron chi connectivity index (χ2n) is 4.56. The van der Waals surface area contributed by atoms with E-state index in [1.54, 1.807) is 17.0 Å². The molecular weight excluding hydrogens is 299 g/mol. The Labute approximate surface area is 129 Å². The Kier molecular flexibility index (Phi) is 7.13. The van der Waals surface area contributed by atoms with E-state index in [1.165, 1.54) is 0 Å². The summed E-state index contributed by atoms with van der Waals surface area (Å²) in [5.74, 6) is 0. The third-order valence-corrected chi connectivity index (χ3v) is 3.67. The number of urea groups is 1. The van der Waals surface area contributed by atoms with Crippen LogP contribution in [0.3, 0.4) is 0 Å². The molecule has 112 valence electrons. The van der Waals surface area contributed by atoms with Crippen LogP contribution in [0.1, 0.15) is 31.9 Å². The summed E-state index contributed by atoms with van der Waals surface area (Å²) >= 11 is 11.8. The fourth-order valence-corrected chi connectivity index (χ4v) is 2.15. The molecule has 0 aliphatic rings. The second-order valence-corrected chi connectivity index (χ2v) is 5.37. The van der Waals surface area contributed by atoms with Gasteiger partial charge in [0.1, 0.15) is 0 Å². The lowest BCUT2D eigenvalue weighted by Crippen LogP contribution is -2.42. The first-order valence-corrected chi connectivity index (χ1v) is 7.36. The average Bonchev–Trinajstić information content (AvgIpc) is 2.41. The fraction of sp³-hybridized carbons (Fsp3) is 0.500. The number of nitrogens with zero attached hydrogens (tertiary/aromatic N) is 1. The van der Waals surface area contributed by atoms with Gasteiger partial charge in [0.25, 0.3) is 0 Å². The van der Waals surface area contributed by atoms with Gasteiger partial charge in [0.05, 0.1) is 22.7 Å². The predicted molar refractivity (Wildman–Crippen MR) is 82.4 cm³/mol. The van der Waals surface area contributed by atoms with E-state index in [4.69, 9.17) is 28.3 Å². The van der Waals surface area contributed by atoms with Crippen molar-refractivity contribution in [1.82, 2.24) is 10.2 Å². The summed E-state index contributed by atoms with van der Waals surface area (Å²) in [7, 11) is 0.